The zero-order chi connectivity index (χ0) is 31.1. The van der Waals surface area contributed by atoms with Gasteiger partial charge in [0.1, 0.15) is 12.9 Å². The van der Waals surface area contributed by atoms with Gasteiger partial charge in [-0.25, -0.2) is 19.5 Å². The zero-order valence-corrected chi connectivity index (χ0v) is 25.5. The molecule has 2 amide bonds. The Morgan fingerprint density at radius 3 is 2.67 bits per heavy atom. The summed E-state index contributed by atoms with van der Waals surface area (Å²) in [6, 6.07) is 6.30. The van der Waals surface area contributed by atoms with E-state index in [1.165, 1.54) is 6.26 Å². The average molecular weight is 615 g/mol. The minimum absolute atomic E-state index is 0.0194. The highest BCUT2D eigenvalue weighted by molar-refractivity contribution is 5.93. The number of aryl methyl sites for hydroxylation is 1. The van der Waals surface area contributed by atoms with Crippen molar-refractivity contribution < 1.29 is 23.8 Å². The van der Waals surface area contributed by atoms with Crippen LogP contribution in [0.1, 0.15) is 61.2 Å². The first kappa shape index (κ1) is 29.5. The van der Waals surface area contributed by atoms with Crippen LogP contribution < -0.4 is 5.32 Å². The molecule has 0 aromatic carbocycles. The van der Waals surface area contributed by atoms with Crippen molar-refractivity contribution in [1.29, 1.82) is 0 Å². The van der Waals surface area contributed by atoms with Gasteiger partial charge in [-0.2, -0.15) is 5.10 Å². The number of pyridine rings is 1. The molecule has 1 aliphatic heterocycles. The maximum absolute atomic E-state index is 13.1. The fourth-order valence-corrected chi connectivity index (χ4v) is 6.72. The van der Waals surface area contributed by atoms with Crippen LogP contribution in [0.5, 0.6) is 0 Å². The molecular formula is C32H38N8O5. The number of aliphatic hydroxyl groups is 1. The van der Waals surface area contributed by atoms with Crippen molar-refractivity contribution in [2.45, 2.75) is 76.9 Å². The summed E-state index contributed by atoms with van der Waals surface area (Å²) in [6.07, 6.45) is 10.5. The van der Waals surface area contributed by atoms with E-state index in [0.717, 1.165) is 55.3 Å². The molecule has 5 heterocycles. The Bertz CT molecular complexity index is 1680. The number of anilines is 1. The summed E-state index contributed by atoms with van der Waals surface area (Å²) < 4.78 is 12.7. The first-order chi connectivity index (χ1) is 21.8. The number of ether oxygens (including phenoxy) is 1. The number of aromatic nitrogens is 5. The molecule has 3 atom stereocenters. The van der Waals surface area contributed by atoms with Gasteiger partial charge in [-0.3, -0.25) is 14.5 Å². The molecule has 3 fully saturated rings. The number of nitrogens with zero attached hydrogens (tertiary/aromatic N) is 7. The molecule has 13 nitrogen and oxygen atoms in total. The van der Waals surface area contributed by atoms with Crippen LogP contribution in [0, 0.1) is 12.8 Å². The van der Waals surface area contributed by atoms with Crippen LogP contribution in [-0.2, 0) is 16.1 Å². The summed E-state index contributed by atoms with van der Waals surface area (Å²) in [5, 5.41) is 17.5. The molecule has 1 saturated heterocycles. The lowest BCUT2D eigenvalue weighted by Gasteiger charge is -2.49. The van der Waals surface area contributed by atoms with Crippen molar-refractivity contribution in [3.8, 4) is 11.1 Å². The van der Waals surface area contributed by atoms with Crippen molar-refractivity contribution in [2.24, 2.45) is 5.92 Å². The van der Waals surface area contributed by atoms with Crippen molar-refractivity contribution in [1.82, 2.24) is 34.4 Å². The molecule has 2 aliphatic carbocycles. The van der Waals surface area contributed by atoms with Gasteiger partial charge in [0.05, 0.1) is 17.7 Å². The summed E-state index contributed by atoms with van der Waals surface area (Å²) in [7, 11) is 0. The lowest BCUT2D eigenvalue weighted by atomic mass is 9.78. The second-order valence-corrected chi connectivity index (χ2v) is 12.5. The third-order valence-electron chi connectivity index (χ3n) is 9.35. The highest BCUT2D eigenvalue weighted by Crippen LogP contribution is 2.35. The topological polar surface area (TPSA) is 151 Å². The van der Waals surface area contributed by atoms with Gasteiger partial charge in [0.25, 0.3) is 5.91 Å². The van der Waals surface area contributed by atoms with Gasteiger partial charge in [0, 0.05) is 74.8 Å². The third kappa shape index (κ3) is 6.20. The third-order valence-corrected chi connectivity index (χ3v) is 9.35. The minimum Gasteiger partial charge on any atom is -0.448 e. The molecule has 45 heavy (non-hydrogen) atoms. The number of carbonyl (C=O) groups is 2. The van der Waals surface area contributed by atoms with E-state index in [4.69, 9.17) is 9.15 Å². The molecule has 0 unspecified atom stereocenters. The normalized spacial score (nSPS) is 25.4. The molecular weight excluding hydrogens is 576 g/mol. The lowest BCUT2D eigenvalue weighted by molar-refractivity contribution is -0.125. The Morgan fingerprint density at radius 1 is 1.13 bits per heavy atom. The predicted molar refractivity (Wildman–Crippen MR) is 163 cm³/mol. The summed E-state index contributed by atoms with van der Waals surface area (Å²) >= 11 is 0. The summed E-state index contributed by atoms with van der Waals surface area (Å²) in [5.74, 6) is 1.39. The van der Waals surface area contributed by atoms with Crippen LogP contribution in [0.15, 0.2) is 47.5 Å². The average Bonchev–Trinajstić information content (AvgIpc) is 3.74. The van der Waals surface area contributed by atoms with Crippen LogP contribution in [-0.4, -0.2) is 95.2 Å². The molecule has 2 saturated carbocycles. The molecule has 4 aromatic heterocycles. The molecule has 13 heteroatoms. The summed E-state index contributed by atoms with van der Waals surface area (Å²) in [5.41, 5.74) is 3.00. The van der Waals surface area contributed by atoms with Gasteiger partial charge >= 0.3 is 0 Å². The van der Waals surface area contributed by atoms with E-state index >= 15 is 0 Å². The molecule has 0 radical (unpaired) electrons. The van der Waals surface area contributed by atoms with Crippen LogP contribution in [0.25, 0.3) is 16.6 Å². The molecule has 236 valence electrons. The lowest BCUT2D eigenvalue weighted by Crippen LogP contribution is -2.60. The van der Waals surface area contributed by atoms with Crippen LogP contribution >= 0.6 is 0 Å². The number of nitrogens with one attached hydrogen (secondary N) is 1. The van der Waals surface area contributed by atoms with Crippen molar-refractivity contribution in [2.75, 3.05) is 25.0 Å². The van der Waals surface area contributed by atoms with E-state index in [2.05, 4.69) is 37.2 Å². The quantitative estimate of drug-likeness (QED) is 0.303. The fraction of sp³-hybridized carbons (Fsp3) is 0.500. The Kier molecular flexibility index (Phi) is 8.06. The minimum atomic E-state index is -0.404. The first-order valence-electron chi connectivity index (χ1n) is 15.7. The number of hydrogen-bond donors (Lipinski definition) is 2. The number of rotatable bonds is 8. The molecule has 3 aliphatic rings. The van der Waals surface area contributed by atoms with Crippen LogP contribution in [0.3, 0.4) is 0 Å². The SMILES string of the molecule is Cc1nc(C(=O)N2CCN(C3CC(C(=O)Nc4cc5cc(-c6cnc(CO[C@H]7CCC[C@@H]7O)nc6)ccn5n4)C3)[C@@H](C)C2)co1. The number of oxazole rings is 1. The Hall–Kier alpha value is -4.20. The number of hydrogen-bond acceptors (Lipinski definition) is 10. The highest BCUT2D eigenvalue weighted by Gasteiger charge is 2.41. The van der Waals surface area contributed by atoms with Gasteiger partial charge in [-0.1, -0.05) is 0 Å². The van der Waals surface area contributed by atoms with Crippen molar-refractivity contribution >= 4 is 23.1 Å². The number of fused-ring (bicyclic) bond motifs is 1. The number of amides is 2. The highest BCUT2D eigenvalue weighted by atomic mass is 16.5. The Labute approximate surface area is 260 Å². The van der Waals surface area contributed by atoms with Gasteiger partial charge in [0.15, 0.2) is 23.2 Å². The van der Waals surface area contributed by atoms with Crippen molar-refractivity contribution in [3.05, 3.63) is 60.5 Å². The summed E-state index contributed by atoms with van der Waals surface area (Å²) in [4.78, 5) is 43.2. The Morgan fingerprint density at radius 2 is 1.96 bits per heavy atom. The summed E-state index contributed by atoms with van der Waals surface area (Å²) in [6.45, 7) is 6.15. The van der Waals surface area contributed by atoms with E-state index in [1.54, 1.807) is 23.8 Å². The van der Waals surface area contributed by atoms with Gasteiger partial charge in [-0.05, 0) is 56.7 Å². The number of piperazine rings is 1. The Balaban J connectivity index is 0.904. The monoisotopic (exact) mass is 614 g/mol. The van der Waals surface area contributed by atoms with E-state index < -0.39 is 6.10 Å². The van der Waals surface area contributed by atoms with Gasteiger partial charge in [0.2, 0.25) is 5.91 Å². The second-order valence-electron chi connectivity index (χ2n) is 12.5. The largest absolute Gasteiger partial charge is 0.448 e. The molecule has 0 bridgehead atoms. The van der Waals surface area contributed by atoms with E-state index in [-0.39, 0.29) is 36.5 Å². The second kappa shape index (κ2) is 12.3. The number of aliphatic hydroxyl groups excluding tert-OH is 1. The van der Waals surface area contributed by atoms with Gasteiger partial charge in [-0.15, -0.1) is 0 Å². The number of carbonyl (C=O) groups excluding carboxylic acids is 2. The smallest absolute Gasteiger partial charge is 0.275 e. The van der Waals surface area contributed by atoms with Crippen molar-refractivity contribution in [3.63, 3.8) is 0 Å². The molecule has 0 spiro atoms. The maximum atomic E-state index is 13.1. The van der Waals surface area contributed by atoms with E-state index in [1.807, 2.05) is 29.3 Å². The molecule has 2 N–H and O–H groups in total. The predicted octanol–water partition coefficient (Wildman–Crippen LogP) is 3.08. The van der Waals surface area contributed by atoms with E-state index in [0.29, 0.717) is 42.4 Å². The van der Waals surface area contributed by atoms with Gasteiger partial charge < -0.3 is 24.5 Å². The molecule has 4 aromatic rings. The first-order valence-corrected chi connectivity index (χ1v) is 15.7. The van der Waals surface area contributed by atoms with Crippen LogP contribution in [0.4, 0.5) is 5.82 Å². The van der Waals surface area contributed by atoms with Crippen LogP contribution in [0.2, 0.25) is 0 Å². The standard InChI is InChI=1S/C32H38N8O5/c1-19-16-38(32(43)26-17-44-20(2)35-26)8-9-39(19)24-11-22(12-24)31(42)36-29-13-25-10-21(6-7-40(25)37-29)23-14-33-30(34-15-23)18-45-28-5-3-4-27(28)41/h6-7,10,13-15,17,19,22,24,27-28,41H,3-5,8-9,11-12,16,18H2,1-2H3,(H,36,37,42)/t19-,22?,24?,27-,28-/m0/s1. The maximum Gasteiger partial charge on any atom is 0.275 e. The fourth-order valence-electron chi connectivity index (χ4n) is 6.72. The zero-order valence-electron chi connectivity index (χ0n) is 25.5. The van der Waals surface area contributed by atoms with E-state index in [9.17, 15) is 14.7 Å². The molecule has 7 rings (SSSR count).